The van der Waals surface area contributed by atoms with Gasteiger partial charge >= 0.3 is 0 Å². The fourth-order valence-electron chi connectivity index (χ4n) is 6.41. The topological polar surface area (TPSA) is 17.3 Å². The van der Waals surface area contributed by atoms with Crippen LogP contribution in [0.25, 0.3) is 81.8 Å². The molecule has 3 heterocycles. The first-order valence-corrected chi connectivity index (χ1v) is 12.7. The van der Waals surface area contributed by atoms with E-state index in [0.717, 1.165) is 16.8 Å². The molecular weight excluding hydrogens is 448 g/mol. The Morgan fingerprint density at radius 3 is 2.03 bits per heavy atom. The zero-order valence-electron chi connectivity index (χ0n) is 19.9. The van der Waals surface area contributed by atoms with Gasteiger partial charge in [-0.05, 0) is 64.0 Å². The molecule has 0 radical (unpaired) electrons. The quantitative estimate of drug-likeness (QED) is 0.173. The van der Waals surface area contributed by atoms with Crippen molar-refractivity contribution < 1.29 is 0 Å². The summed E-state index contributed by atoms with van der Waals surface area (Å²) >= 11 is 0. The highest BCUT2D eigenvalue weighted by atomic mass is 14.9. The number of hydrogen-bond donors (Lipinski definition) is 0. The monoisotopic (exact) mass is 468 g/mol. The standard InChI is InChI=1S/C35H20N2/c1-2-8-23-20-31-24(17-22(23)7-1)15-16-30(36-31)25-18-28-26-11-3-4-13-32(26)37-33-14-6-10-21-9-5-12-27(34(21)33)29(19-25)35(28)37/h1-20H. The van der Waals surface area contributed by atoms with Crippen LogP contribution in [0.5, 0.6) is 0 Å². The van der Waals surface area contributed by atoms with Crippen molar-refractivity contribution in [3.05, 3.63) is 121 Å². The third-order valence-corrected chi connectivity index (χ3v) is 8.03. The molecule has 0 aliphatic carbocycles. The molecule has 0 spiro atoms. The van der Waals surface area contributed by atoms with Crippen LogP contribution >= 0.6 is 0 Å². The summed E-state index contributed by atoms with van der Waals surface area (Å²) < 4.78 is 2.46. The normalized spacial score (nSPS) is 12.3. The van der Waals surface area contributed by atoms with Gasteiger partial charge in [-0.3, -0.25) is 0 Å². The fraction of sp³-hybridized carbons (Fsp3) is 0. The molecule has 0 bridgehead atoms. The maximum Gasteiger partial charge on any atom is 0.0715 e. The van der Waals surface area contributed by atoms with Crippen molar-refractivity contribution in [2.45, 2.75) is 0 Å². The average Bonchev–Trinajstić information content (AvgIpc) is 3.29. The second-order valence-corrected chi connectivity index (χ2v) is 10.0. The van der Waals surface area contributed by atoms with E-state index in [9.17, 15) is 0 Å². The molecule has 6 aromatic carbocycles. The molecule has 3 aromatic heterocycles. The number of fused-ring (bicyclic) bond motifs is 7. The average molecular weight is 469 g/mol. The van der Waals surface area contributed by atoms with Crippen molar-refractivity contribution in [3.8, 4) is 11.3 Å². The number of benzene rings is 6. The molecule has 0 atom stereocenters. The van der Waals surface area contributed by atoms with E-state index in [1.807, 2.05) is 0 Å². The summed E-state index contributed by atoms with van der Waals surface area (Å²) in [5.41, 5.74) is 6.97. The Bertz CT molecular complexity index is 2350. The molecule has 0 saturated carbocycles. The van der Waals surface area contributed by atoms with E-state index in [0.29, 0.717) is 0 Å². The summed E-state index contributed by atoms with van der Waals surface area (Å²) in [4.78, 5) is 5.17. The van der Waals surface area contributed by atoms with Crippen LogP contribution in [0.15, 0.2) is 121 Å². The van der Waals surface area contributed by atoms with Crippen LogP contribution in [0.3, 0.4) is 0 Å². The van der Waals surface area contributed by atoms with Gasteiger partial charge in [-0.2, -0.15) is 0 Å². The number of hydrogen-bond acceptors (Lipinski definition) is 1. The van der Waals surface area contributed by atoms with Crippen LogP contribution in [0.4, 0.5) is 0 Å². The Morgan fingerprint density at radius 2 is 1.14 bits per heavy atom. The first-order valence-electron chi connectivity index (χ1n) is 12.7. The Labute approximate surface area is 212 Å². The van der Waals surface area contributed by atoms with Crippen LogP contribution in [0, 0.1) is 0 Å². The highest BCUT2D eigenvalue weighted by Gasteiger charge is 2.19. The molecule has 0 N–H and O–H groups in total. The minimum atomic E-state index is 1.00. The van der Waals surface area contributed by atoms with Crippen molar-refractivity contribution in [3.63, 3.8) is 0 Å². The van der Waals surface area contributed by atoms with Crippen LogP contribution in [0.2, 0.25) is 0 Å². The lowest BCUT2D eigenvalue weighted by Gasteiger charge is -2.14. The van der Waals surface area contributed by atoms with Gasteiger partial charge in [0.15, 0.2) is 0 Å². The lowest BCUT2D eigenvalue weighted by Crippen LogP contribution is -1.93. The van der Waals surface area contributed by atoms with Gasteiger partial charge in [0.1, 0.15) is 0 Å². The Balaban J connectivity index is 1.44. The number of aromatic nitrogens is 2. The molecule has 2 nitrogen and oxygen atoms in total. The minimum Gasteiger partial charge on any atom is -0.308 e. The predicted molar refractivity (Wildman–Crippen MR) is 157 cm³/mol. The number of pyridine rings is 2. The SMILES string of the molecule is c1ccc2cc3nc(-c4cc5c6cccc7cccc(c76)n6c7ccccc7c(c4)c56)ccc3cc2c1. The van der Waals surface area contributed by atoms with Crippen molar-refractivity contribution in [2.24, 2.45) is 0 Å². The molecule has 0 unspecified atom stereocenters. The maximum atomic E-state index is 5.17. The van der Waals surface area contributed by atoms with Gasteiger partial charge in [0, 0.05) is 32.5 Å². The van der Waals surface area contributed by atoms with Crippen molar-refractivity contribution in [2.75, 3.05) is 0 Å². The summed E-state index contributed by atoms with van der Waals surface area (Å²) in [6, 6.07) is 44.1. The molecule has 0 fully saturated rings. The van der Waals surface area contributed by atoms with Crippen molar-refractivity contribution in [1.82, 2.24) is 9.38 Å². The summed E-state index contributed by atoms with van der Waals surface area (Å²) in [5, 5.41) is 11.3. The Hall–Kier alpha value is -4.95. The third kappa shape index (κ3) is 2.52. The van der Waals surface area contributed by atoms with Crippen LogP contribution in [-0.2, 0) is 0 Å². The summed E-state index contributed by atoms with van der Waals surface area (Å²) in [6.07, 6.45) is 0. The van der Waals surface area contributed by atoms with Gasteiger partial charge in [-0.1, -0.05) is 78.9 Å². The molecule has 0 aliphatic rings. The van der Waals surface area contributed by atoms with Crippen LogP contribution < -0.4 is 0 Å². The van der Waals surface area contributed by atoms with Crippen LogP contribution in [-0.4, -0.2) is 9.38 Å². The van der Waals surface area contributed by atoms with Crippen molar-refractivity contribution >= 4 is 70.5 Å². The third-order valence-electron chi connectivity index (χ3n) is 8.03. The Morgan fingerprint density at radius 1 is 0.459 bits per heavy atom. The van der Waals surface area contributed by atoms with Gasteiger partial charge in [0.2, 0.25) is 0 Å². The van der Waals surface area contributed by atoms with Gasteiger partial charge in [0.25, 0.3) is 0 Å². The highest BCUT2D eigenvalue weighted by molar-refractivity contribution is 6.27. The number of para-hydroxylation sites is 1. The molecule has 37 heavy (non-hydrogen) atoms. The first-order chi connectivity index (χ1) is 18.3. The lowest BCUT2D eigenvalue weighted by molar-refractivity contribution is 1.35. The van der Waals surface area contributed by atoms with E-state index in [4.69, 9.17) is 4.98 Å². The fourth-order valence-corrected chi connectivity index (χ4v) is 6.41. The van der Waals surface area contributed by atoms with Crippen molar-refractivity contribution in [1.29, 1.82) is 0 Å². The zero-order chi connectivity index (χ0) is 24.1. The molecule has 2 heteroatoms. The smallest absolute Gasteiger partial charge is 0.0715 e. The first kappa shape index (κ1) is 19.3. The van der Waals surface area contributed by atoms with E-state index in [-0.39, 0.29) is 0 Å². The molecule has 0 saturated heterocycles. The van der Waals surface area contributed by atoms with E-state index >= 15 is 0 Å². The van der Waals surface area contributed by atoms with E-state index in [1.54, 1.807) is 0 Å². The molecule has 0 aliphatic heterocycles. The van der Waals surface area contributed by atoms with Gasteiger partial charge in [-0.25, -0.2) is 4.98 Å². The van der Waals surface area contributed by atoms with Gasteiger partial charge in [-0.15, -0.1) is 0 Å². The van der Waals surface area contributed by atoms with Gasteiger partial charge in [0.05, 0.1) is 27.8 Å². The predicted octanol–water partition coefficient (Wildman–Crippen LogP) is 9.36. The molecule has 9 aromatic rings. The number of rotatable bonds is 1. The Kier molecular flexibility index (Phi) is 3.56. The summed E-state index contributed by atoms with van der Waals surface area (Å²) in [7, 11) is 0. The lowest BCUT2D eigenvalue weighted by atomic mass is 9.96. The second kappa shape index (κ2) is 6.83. The minimum absolute atomic E-state index is 1.00. The number of nitrogens with zero attached hydrogens (tertiary/aromatic N) is 2. The molecule has 9 rings (SSSR count). The van der Waals surface area contributed by atoms with E-state index in [1.165, 1.54) is 65.0 Å². The largest absolute Gasteiger partial charge is 0.308 e. The second-order valence-electron chi connectivity index (χ2n) is 10.0. The maximum absolute atomic E-state index is 5.17. The van der Waals surface area contributed by atoms with Gasteiger partial charge < -0.3 is 4.40 Å². The van der Waals surface area contributed by atoms with Crippen LogP contribution in [0.1, 0.15) is 0 Å². The summed E-state index contributed by atoms with van der Waals surface area (Å²) in [6.45, 7) is 0. The summed E-state index contributed by atoms with van der Waals surface area (Å²) in [5.74, 6) is 0. The highest BCUT2D eigenvalue weighted by Crippen LogP contribution is 2.42. The zero-order valence-corrected chi connectivity index (χ0v) is 19.9. The molecular formula is C35H20N2. The van der Waals surface area contributed by atoms with E-state index < -0.39 is 0 Å². The molecule has 0 amide bonds. The molecule has 170 valence electrons. The van der Waals surface area contributed by atoms with E-state index in [2.05, 4.69) is 126 Å².